The van der Waals surface area contributed by atoms with Crippen LogP contribution < -0.4 is 14.2 Å². The second-order valence-corrected chi connectivity index (χ2v) is 8.38. The summed E-state index contributed by atoms with van der Waals surface area (Å²) in [5.74, 6) is 0.223. The molecule has 3 aromatic carbocycles. The first kappa shape index (κ1) is 17.0. The van der Waals surface area contributed by atoms with Gasteiger partial charge in [0.25, 0.3) is 0 Å². The molecular formula is C20H13ClFN3Se. The van der Waals surface area contributed by atoms with Gasteiger partial charge in [0, 0.05) is 0 Å². The Kier molecular flexibility index (Phi) is 4.85. The Labute approximate surface area is 161 Å². The van der Waals surface area contributed by atoms with E-state index in [0.29, 0.717) is 11.5 Å². The zero-order chi connectivity index (χ0) is 17.9. The summed E-state index contributed by atoms with van der Waals surface area (Å²) in [4.78, 5) is 8.68. The number of rotatable bonds is 4. The van der Waals surface area contributed by atoms with Crippen LogP contribution in [0.15, 0.2) is 73.1 Å². The summed E-state index contributed by atoms with van der Waals surface area (Å²) in [7, 11) is 0. The van der Waals surface area contributed by atoms with Gasteiger partial charge in [0.2, 0.25) is 0 Å². The van der Waals surface area contributed by atoms with Crippen molar-refractivity contribution in [1.82, 2.24) is 9.97 Å². The van der Waals surface area contributed by atoms with E-state index in [4.69, 9.17) is 11.6 Å². The van der Waals surface area contributed by atoms with Crippen molar-refractivity contribution in [2.45, 2.75) is 0 Å². The van der Waals surface area contributed by atoms with Gasteiger partial charge in [0.15, 0.2) is 0 Å². The van der Waals surface area contributed by atoms with Gasteiger partial charge in [0.05, 0.1) is 0 Å². The molecule has 0 unspecified atom stereocenters. The Hall–Kier alpha value is -2.46. The Balaban J connectivity index is 1.70. The fourth-order valence-electron chi connectivity index (χ4n) is 2.53. The number of fused-ring (bicyclic) bond motifs is 1. The third kappa shape index (κ3) is 3.70. The molecule has 0 saturated heterocycles. The molecule has 0 spiro atoms. The van der Waals surface area contributed by atoms with Crippen molar-refractivity contribution in [2.24, 2.45) is 0 Å². The number of anilines is 2. The van der Waals surface area contributed by atoms with Crippen LogP contribution in [-0.2, 0) is 0 Å². The van der Waals surface area contributed by atoms with Gasteiger partial charge in [-0.2, -0.15) is 0 Å². The molecule has 128 valence electrons. The first-order valence-electron chi connectivity index (χ1n) is 7.89. The fourth-order valence-corrected chi connectivity index (χ4v) is 4.56. The van der Waals surface area contributed by atoms with E-state index in [0.717, 1.165) is 10.9 Å². The molecule has 0 fully saturated rings. The van der Waals surface area contributed by atoms with Gasteiger partial charge in [-0.15, -0.1) is 0 Å². The zero-order valence-electron chi connectivity index (χ0n) is 13.5. The van der Waals surface area contributed by atoms with E-state index in [9.17, 15) is 4.39 Å². The molecule has 0 amide bonds. The average Bonchev–Trinajstić information content (AvgIpc) is 2.66. The van der Waals surface area contributed by atoms with Crippen LogP contribution in [0, 0.1) is 5.82 Å². The van der Waals surface area contributed by atoms with Crippen LogP contribution in [-0.4, -0.2) is 24.9 Å². The molecule has 0 aliphatic carbocycles. The van der Waals surface area contributed by atoms with Gasteiger partial charge < -0.3 is 0 Å². The van der Waals surface area contributed by atoms with Crippen LogP contribution >= 0.6 is 11.6 Å². The first-order chi connectivity index (χ1) is 12.7. The maximum absolute atomic E-state index is 13.4. The van der Waals surface area contributed by atoms with Gasteiger partial charge in [0.1, 0.15) is 0 Å². The van der Waals surface area contributed by atoms with E-state index in [2.05, 4.69) is 39.6 Å². The molecule has 4 rings (SSSR count). The summed E-state index contributed by atoms with van der Waals surface area (Å²) in [6, 6.07) is 21.1. The van der Waals surface area contributed by atoms with Crippen molar-refractivity contribution >= 4 is 57.9 Å². The SMILES string of the molecule is Fc1ccc(Nc2ncnc3ccc([Se]c4ccccc4)cc23)cc1Cl. The second-order valence-electron chi connectivity index (χ2n) is 5.57. The van der Waals surface area contributed by atoms with E-state index in [1.807, 2.05) is 24.3 Å². The third-order valence-corrected chi connectivity index (χ3v) is 6.15. The van der Waals surface area contributed by atoms with Gasteiger partial charge in [-0.3, -0.25) is 0 Å². The van der Waals surface area contributed by atoms with Crippen LogP contribution in [0.5, 0.6) is 0 Å². The molecule has 0 saturated carbocycles. The van der Waals surface area contributed by atoms with E-state index < -0.39 is 5.82 Å². The monoisotopic (exact) mass is 429 g/mol. The number of hydrogen-bond donors (Lipinski definition) is 1. The van der Waals surface area contributed by atoms with Crippen molar-refractivity contribution in [2.75, 3.05) is 5.32 Å². The van der Waals surface area contributed by atoms with Crippen LogP contribution in [0.2, 0.25) is 5.02 Å². The number of halogens is 2. The second kappa shape index (κ2) is 7.42. The number of aromatic nitrogens is 2. The summed E-state index contributed by atoms with van der Waals surface area (Å²) in [5, 5.41) is 4.20. The van der Waals surface area contributed by atoms with Gasteiger partial charge in [-0.1, -0.05) is 0 Å². The molecule has 0 aliphatic rings. The number of nitrogens with zero attached hydrogens (tertiary/aromatic N) is 2. The minimum atomic E-state index is -0.447. The number of hydrogen-bond acceptors (Lipinski definition) is 3. The van der Waals surface area contributed by atoms with E-state index in [1.165, 1.54) is 21.3 Å². The molecule has 1 aromatic heterocycles. The van der Waals surface area contributed by atoms with Gasteiger partial charge in [-0.25, -0.2) is 0 Å². The Morgan fingerprint density at radius 2 is 1.73 bits per heavy atom. The van der Waals surface area contributed by atoms with Gasteiger partial charge in [-0.05, 0) is 0 Å². The van der Waals surface area contributed by atoms with Crippen molar-refractivity contribution in [1.29, 1.82) is 0 Å². The molecule has 0 bridgehead atoms. The Morgan fingerprint density at radius 1 is 0.885 bits per heavy atom. The van der Waals surface area contributed by atoms with Crippen molar-refractivity contribution in [3.8, 4) is 0 Å². The molecule has 0 aliphatic heterocycles. The topological polar surface area (TPSA) is 37.8 Å². The predicted molar refractivity (Wildman–Crippen MR) is 106 cm³/mol. The van der Waals surface area contributed by atoms with Crippen LogP contribution in [0.3, 0.4) is 0 Å². The van der Waals surface area contributed by atoms with E-state index in [-0.39, 0.29) is 20.0 Å². The van der Waals surface area contributed by atoms with E-state index in [1.54, 1.807) is 12.1 Å². The molecule has 3 nitrogen and oxygen atoms in total. The molecule has 1 heterocycles. The zero-order valence-corrected chi connectivity index (χ0v) is 16.0. The fraction of sp³-hybridized carbons (Fsp3) is 0. The summed E-state index contributed by atoms with van der Waals surface area (Å²) in [5.41, 5.74) is 1.53. The van der Waals surface area contributed by atoms with Crippen LogP contribution in [0.4, 0.5) is 15.9 Å². The van der Waals surface area contributed by atoms with Crippen LogP contribution in [0.25, 0.3) is 10.9 Å². The Bertz CT molecular complexity index is 1070. The maximum atomic E-state index is 13.4. The third-order valence-electron chi connectivity index (χ3n) is 3.77. The quantitative estimate of drug-likeness (QED) is 0.502. The predicted octanol–water partition coefficient (Wildman–Crippen LogP) is 3.82. The standard InChI is InChI=1S/C20H13ClFN3Se/c21-17-10-13(6-8-18(17)22)25-20-16-11-15(7-9-19(16)23-12-24-20)26-14-4-2-1-3-5-14/h1-12H,(H,23,24,25). The molecule has 1 N–H and O–H groups in total. The summed E-state index contributed by atoms with van der Waals surface area (Å²) in [6.07, 6.45) is 1.51. The van der Waals surface area contributed by atoms with Crippen molar-refractivity contribution in [3.63, 3.8) is 0 Å². The molecule has 4 aromatic rings. The van der Waals surface area contributed by atoms with Gasteiger partial charge >= 0.3 is 161 Å². The molecule has 0 atom stereocenters. The van der Waals surface area contributed by atoms with Crippen molar-refractivity contribution in [3.05, 3.63) is 83.9 Å². The van der Waals surface area contributed by atoms with Crippen LogP contribution in [0.1, 0.15) is 0 Å². The number of benzene rings is 3. The molecule has 6 heteroatoms. The molecule has 26 heavy (non-hydrogen) atoms. The number of nitrogens with one attached hydrogen (secondary N) is 1. The average molecular weight is 429 g/mol. The summed E-state index contributed by atoms with van der Waals surface area (Å²) < 4.78 is 15.9. The first-order valence-corrected chi connectivity index (χ1v) is 9.98. The minimum absolute atomic E-state index is 0.0708. The summed E-state index contributed by atoms with van der Waals surface area (Å²) >= 11 is 6.06. The van der Waals surface area contributed by atoms with E-state index >= 15 is 0 Å². The van der Waals surface area contributed by atoms with Crippen molar-refractivity contribution < 1.29 is 4.39 Å². The Morgan fingerprint density at radius 3 is 2.54 bits per heavy atom. The molecular weight excluding hydrogens is 416 g/mol. The molecule has 0 radical (unpaired) electrons. The summed E-state index contributed by atoms with van der Waals surface area (Å²) in [6.45, 7) is 0. The normalized spacial score (nSPS) is 10.8.